The molecule has 4 nitrogen and oxygen atoms in total. The number of benzene rings is 1. The maximum atomic E-state index is 12.3. The molecule has 0 aromatic heterocycles. The third kappa shape index (κ3) is 2.42. The van der Waals surface area contributed by atoms with Crippen LogP contribution in [-0.4, -0.2) is 41.2 Å². The van der Waals surface area contributed by atoms with Gasteiger partial charge in [-0.3, -0.25) is 9.59 Å². The van der Waals surface area contributed by atoms with Gasteiger partial charge in [-0.1, -0.05) is 25.1 Å². The van der Waals surface area contributed by atoms with Gasteiger partial charge < -0.3 is 9.80 Å². The van der Waals surface area contributed by atoms with Gasteiger partial charge in [-0.05, 0) is 30.4 Å². The average Bonchev–Trinajstić information content (AvgIpc) is 2.77. The molecule has 0 unspecified atom stereocenters. The molecule has 2 aliphatic heterocycles. The molecule has 0 aliphatic carbocycles. The zero-order valence-corrected chi connectivity index (χ0v) is 11.8. The van der Waals surface area contributed by atoms with E-state index in [-0.39, 0.29) is 18.4 Å². The maximum Gasteiger partial charge on any atom is 0.254 e. The Bertz CT molecular complexity index is 533. The van der Waals surface area contributed by atoms with Crippen molar-refractivity contribution in [2.24, 2.45) is 5.92 Å². The van der Waals surface area contributed by atoms with Gasteiger partial charge in [0.05, 0.1) is 0 Å². The van der Waals surface area contributed by atoms with Crippen LogP contribution in [-0.2, 0) is 11.3 Å². The molecule has 4 heteroatoms. The zero-order valence-electron chi connectivity index (χ0n) is 11.8. The Labute approximate surface area is 119 Å². The van der Waals surface area contributed by atoms with E-state index in [0.29, 0.717) is 12.5 Å². The minimum absolute atomic E-state index is 0.0145. The molecule has 0 saturated carbocycles. The molecular weight excluding hydrogens is 252 g/mol. The largest absolute Gasteiger partial charge is 0.341 e. The van der Waals surface area contributed by atoms with Gasteiger partial charge in [0.15, 0.2) is 0 Å². The van der Waals surface area contributed by atoms with Gasteiger partial charge >= 0.3 is 0 Å². The van der Waals surface area contributed by atoms with Gasteiger partial charge in [0, 0.05) is 25.2 Å². The van der Waals surface area contributed by atoms with E-state index in [2.05, 4.69) is 6.92 Å². The Morgan fingerprint density at radius 2 is 1.95 bits per heavy atom. The number of hydrogen-bond acceptors (Lipinski definition) is 2. The first-order valence-corrected chi connectivity index (χ1v) is 7.30. The number of amides is 2. The van der Waals surface area contributed by atoms with Crippen LogP contribution < -0.4 is 0 Å². The molecule has 1 saturated heterocycles. The van der Waals surface area contributed by atoms with Gasteiger partial charge in [0.25, 0.3) is 5.91 Å². The van der Waals surface area contributed by atoms with Crippen molar-refractivity contribution < 1.29 is 9.59 Å². The Morgan fingerprint density at radius 3 is 2.65 bits per heavy atom. The second-order valence-electron chi connectivity index (χ2n) is 5.88. The molecule has 1 fully saturated rings. The van der Waals surface area contributed by atoms with E-state index < -0.39 is 0 Å². The fourth-order valence-electron chi connectivity index (χ4n) is 2.96. The van der Waals surface area contributed by atoms with Crippen LogP contribution in [0.5, 0.6) is 0 Å². The van der Waals surface area contributed by atoms with Crippen molar-refractivity contribution in [1.29, 1.82) is 0 Å². The van der Waals surface area contributed by atoms with Gasteiger partial charge in [0.1, 0.15) is 6.54 Å². The minimum Gasteiger partial charge on any atom is -0.341 e. The average molecular weight is 272 g/mol. The molecule has 0 atom stereocenters. The van der Waals surface area contributed by atoms with Crippen LogP contribution in [0.15, 0.2) is 24.3 Å². The lowest BCUT2D eigenvalue weighted by Gasteiger charge is -2.31. The molecule has 0 radical (unpaired) electrons. The molecule has 0 bridgehead atoms. The third-order valence-electron chi connectivity index (χ3n) is 4.36. The van der Waals surface area contributed by atoms with Crippen molar-refractivity contribution in [3.63, 3.8) is 0 Å². The van der Waals surface area contributed by atoms with Gasteiger partial charge in [-0.2, -0.15) is 0 Å². The van der Waals surface area contributed by atoms with E-state index >= 15 is 0 Å². The highest BCUT2D eigenvalue weighted by Crippen LogP contribution is 2.23. The predicted molar refractivity (Wildman–Crippen MR) is 76.2 cm³/mol. The van der Waals surface area contributed by atoms with Crippen molar-refractivity contribution >= 4 is 11.8 Å². The summed E-state index contributed by atoms with van der Waals surface area (Å²) in [6.45, 7) is 4.65. The molecule has 0 N–H and O–H groups in total. The summed E-state index contributed by atoms with van der Waals surface area (Å²) in [5.74, 6) is 0.772. The molecule has 20 heavy (non-hydrogen) atoms. The molecule has 0 spiro atoms. The van der Waals surface area contributed by atoms with E-state index in [1.807, 2.05) is 29.2 Å². The number of piperidine rings is 1. The number of hydrogen-bond donors (Lipinski definition) is 0. The van der Waals surface area contributed by atoms with Crippen molar-refractivity contribution in [3.05, 3.63) is 35.4 Å². The van der Waals surface area contributed by atoms with E-state index in [4.69, 9.17) is 0 Å². The van der Waals surface area contributed by atoms with Crippen LogP contribution in [0.2, 0.25) is 0 Å². The Balaban J connectivity index is 1.62. The molecule has 2 amide bonds. The van der Waals surface area contributed by atoms with Crippen LogP contribution in [0.3, 0.4) is 0 Å². The van der Waals surface area contributed by atoms with Gasteiger partial charge in [-0.15, -0.1) is 0 Å². The fourth-order valence-corrected chi connectivity index (χ4v) is 2.96. The lowest BCUT2D eigenvalue weighted by Crippen LogP contribution is -2.44. The van der Waals surface area contributed by atoms with Crippen LogP contribution in [0.1, 0.15) is 35.7 Å². The Morgan fingerprint density at radius 1 is 1.25 bits per heavy atom. The number of carbonyl (C=O) groups excluding carboxylic acids is 2. The van der Waals surface area contributed by atoms with Crippen LogP contribution >= 0.6 is 0 Å². The summed E-state index contributed by atoms with van der Waals surface area (Å²) in [7, 11) is 0. The second kappa shape index (κ2) is 5.27. The zero-order chi connectivity index (χ0) is 14.1. The quantitative estimate of drug-likeness (QED) is 0.825. The normalized spacial score (nSPS) is 19.4. The summed E-state index contributed by atoms with van der Waals surface area (Å²) >= 11 is 0. The molecule has 2 aliphatic rings. The number of likely N-dealkylation sites (tertiary alicyclic amines) is 1. The lowest BCUT2D eigenvalue weighted by molar-refractivity contribution is -0.133. The second-order valence-corrected chi connectivity index (χ2v) is 5.88. The van der Waals surface area contributed by atoms with Crippen molar-refractivity contribution in [1.82, 2.24) is 9.80 Å². The van der Waals surface area contributed by atoms with E-state index in [1.54, 1.807) is 4.90 Å². The van der Waals surface area contributed by atoms with Crippen LogP contribution in [0, 0.1) is 5.92 Å². The number of rotatable bonds is 2. The van der Waals surface area contributed by atoms with E-state index in [0.717, 1.165) is 37.1 Å². The van der Waals surface area contributed by atoms with Gasteiger partial charge in [-0.25, -0.2) is 0 Å². The first-order valence-electron chi connectivity index (χ1n) is 7.30. The Kier molecular flexibility index (Phi) is 3.47. The number of nitrogens with zero attached hydrogens (tertiary/aromatic N) is 2. The third-order valence-corrected chi connectivity index (χ3v) is 4.36. The molecule has 106 valence electrons. The summed E-state index contributed by atoms with van der Waals surface area (Å²) in [5.41, 5.74) is 1.77. The first kappa shape index (κ1) is 13.2. The van der Waals surface area contributed by atoms with Crippen molar-refractivity contribution in [3.8, 4) is 0 Å². The highest BCUT2D eigenvalue weighted by Gasteiger charge is 2.30. The monoisotopic (exact) mass is 272 g/mol. The summed E-state index contributed by atoms with van der Waals surface area (Å²) < 4.78 is 0. The topological polar surface area (TPSA) is 40.6 Å². The fraction of sp³-hybridized carbons (Fsp3) is 0.500. The van der Waals surface area contributed by atoms with Gasteiger partial charge in [0.2, 0.25) is 5.91 Å². The number of carbonyl (C=O) groups is 2. The standard InChI is InChI=1S/C16H20N2O2/c1-12-6-8-17(9-7-12)15(19)11-18-10-13-4-2-3-5-14(13)16(18)20/h2-5,12H,6-11H2,1H3. The summed E-state index contributed by atoms with van der Waals surface area (Å²) in [6, 6.07) is 7.60. The summed E-state index contributed by atoms with van der Waals surface area (Å²) in [4.78, 5) is 28.1. The van der Waals surface area contributed by atoms with E-state index in [1.165, 1.54) is 0 Å². The molecule has 3 rings (SSSR count). The SMILES string of the molecule is CC1CCN(C(=O)CN2Cc3ccccc3C2=O)CC1. The van der Waals surface area contributed by atoms with E-state index in [9.17, 15) is 9.59 Å². The smallest absolute Gasteiger partial charge is 0.254 e. The molecular formula is C16H20N2O2. The summed E-state index contributed by atoms with van der Waals surface area (Å²) in [5, 5.41) is 0. The highest BCUT2D eigenvalue weighted by molar-refractivity contribution is 6.00. The molecule has 1 aromatic rings. The summed E-state index contributed by atoms with van der Waals surface area (Å²) in [6.07, 6.45) is 2.14. The molecule has 2 heterocycles. The first-order chi connectivity index (χ1) is 9.65. The van der Waals surface area contributed by atoms with Crippen LogP contribution in [0.25, 0.3) is 0 Å². The number of fused-ring (bicyclic) bond motifs is 1. The van der Waals surface area contributed by atoms with Crippen molar-refractivity contribution in [2.75, 3.05) is 19.6 Å². The van der Waals surface area contributed by atoms with Crippen molar-refractivity contribution in [2.45, 2.75) is 26.3 Å². The minimum atomic E-state index is -0.0145. The lowest BCUT2D eigenvalue weighted by atomic mass is 9.99. The van der Waals surface area contributed by atoms with Crippen LogP contribution in [0.4, 0.5) is 0 Å². The highest BCUT2D eigenvalue weighted by atomic mass is 16.2. The predicted octanol–water partition coefficient (Wildman–Crippen LogP) is 1.90. The molecule has 1 aromatic carbocycles. The Hall–Kier alpha value is -1.84. The maximum absolute atomic E-state index is 12.3.